The summed E-state index contributed by atoms with van der Waals surface area (Å²) in [5.41, 5.74) is 4.58. The first kappa shape index (κ1) is 19.8. The third kappa shape index (κ3) is 5.45. The van der Waals surface area contributed by atoms with Crippen LogP contribution in [0.2, 0.25) is 5.02 Å². The predicted octanol–water partition coefficient (Wildman–Crippen LogP) is 4.72. The van der Waals surface area contributed by atoms with Crippen molar-refractivity contribution >= 4 is 55.6 Å². The van der Waals surface area contributed by atoms with Gasteiger partial charge in [-0.3, -0.25) is 4.79 Å². The molecule has 0 saturated carbocycles. The fraction of sp³-hybridized carbons (Fsp3) is 0.176. The second-order valence-electron chi connectivity index (χ2n) is 5.28. The van der Waals surface area contributed by atoms with Crippen molar-refractivity contribution < 1.29 is 14.6 Å². The Morgan fingerprint density at radius 1 is 1.28 bits per heavy atom. The number of rotatable bonds is 5. The number of hydrogen-bond donors (Lipinski definition) is 2. The van der Waals surface area contributed by atoms with Gasteiger partial charge in [0, 0.05) is 15.1 Å². The summed E-state index contributed by atoms with van der Waals surface area (Å²) in [5, 5.41) is 14.1. The molecule has 25 heavy (non-hydrogen) atoms. The molecule has 0 saturated heterocycles. The van der Waals surface area contributed by atoms with Crippen molar-refractivity contribution in [1.82, 2.24) is 5.43 Å². The number of ether oxygens (including phenoxy) is 1. The van der Waals surface area contributed by atoms with Crippen LogP contribution in [0.15, 0.2) is 38.3 Å². The van der Waals surface area contributed by atoms with E-state index < -0.39 is 5.91 Å². The smallest absolute Gasteiger partial charge is 0.277 e. The number of hydrazone groups is 1. The third-order valence-corrected chi connectivity index (χ3v) is 4.50. The third-order valence-electron chi connectivity index (χ3n) is 3.22. The van der Waals surface area contributed by atoms with E-state index in [9.17, 15) is 9.90 Å². The molecule has 8 heteroatoms. The van der Waals surface area contributed by atoms with Gasteiger partial charge in [0.2, 0.25) is 0 Å². The van der Waals surface area contributed by atoms with Crippen LogP contribution in [0.1, 0.15) is 16.7 Å². The van der Waals surface area contributed by atoms with E-state index >= 15 is 0 Å². The van der Waals surface area contributed by atoms with Gasteiger partial charge in [0.25, 0.3) is 5.91 Å². The number of nitrogens with one attached hydrogen (secondary N) is 1. The molecule has 0 aliphatic rings. The van der Waals surface area contributed by atoms with E-state index in [0.717, 1.165) is 15.6 Å². The SMILES string of the molecule is Cc1cc(Br)cc(C)c1OCC(=O)N/N=C\c1cc(Cl)cc(Br)c1O. The number of amides is 1. The normalized spacial score (nSPS) is 10.9. The van der Waals surface area contributed by atoms with Gasteiger partial charge >= 0.3 is 0 Å². The minimum absolute atomic E-state index is 0.0141. The van der Waals surface area contributed by atoms with Gasteiger partial charge in [-0.2, -0.15) is 5.10 Å². The highest BCUT2D eigenvalue weighted by Gasteiger charge is 2.09. The molecule has 5 nitrogen and oxygen atoms in total. The quantitative estimate of drug-likeness (QED) is 0.471. The minimum atomic E-state index is -0.418. The number of phenols is 1. The van der Waals surface area contributed by atoms with Gasteiger partial charge in [0.15, 0.2) is 6.61 Å². The molecule has 2 aromatic carbocycles. The van der Waals surface area contributed by atoms with Crippen LogP contribution in [-0.2, 0) is 4.79 Å². The Morgan fingerprint density at radius 3 is 2.56 bits per heavy atom. The van der Waals surface area contributed by atoms with E-state index in [1.807, 2.05) is 26.0 Å². The van der Waals surface area contributed by atoms with Crippen LogP contribution in [0.4, 0.5) is 0 Å². The van der Waals surface area contributed by atoms with Crippen LogP contribution in [0, 0.1) is 13.8 Å². The van der Waals surface area contributed by atoms with Gasteiger partial charge < -0.3 is 9.84 Å². The highest BCUT2D eigenvalue weighted by molar-refractivity contribution is 9.10. The van der Waals surface area contributed by atoms with Crippen molar-refractivity contribution in [3.63, 3.8) is 0 Å². The summed E-state index contributed by atoms with van der Waals surface area (Å²) in [4.78, 5) is 11.9. The lowest BCUT2D eigenvalue weighted by Gasteiger charge is -2.11. The maximum atomic E-state index is 11.9. The lowest BCUT2D eigenvalue weighted by Crippen LogP contribution is -2.25. The molecule has 2 aromatic rings. The Kier molecular flexibility index (Phi) is 6.87. The first-order valence-electron chi connectivity index (χ1n) is 7.17. The zero-order chi connectivity index (χ0) is 18.6. The number of aryl methyl sites for hydroxylation is 2. The van der Waals surface area contributed by atoms with E-state index in [-0.39, 0.29) is 12.4 Å². The molecule has 0 radical (unpaired) electrons. The molecule has 0 aromatic heterocycles. The van der Waals surface area contributed by atoms with Crippen molar-refractivity contribution in [3.05, 3.63) is 54.9 Å². The van der Waals surface area contributed by atoms with Crippen molar-refractivity contribution in [1.29, 1.82) is 0 Å². The molecule has 1 amide bonds. The Bertz CT molecular complexity index is 818. The van der Waals surface area contributed by atoms with Crippen LogP contribution < -0.4 is 10.2 Å². The van der Waals surface area contributed by atoms with Gasteiger partial charge in [0.1, 0.15) is 11.5 Å². The second kappa shape index (κ2) is 8.69. The number of phenolic OH excluding ortho intramolecular Hbond substituents is 1. The van der Waals surface area contributed by atoms with Crippen LogP contribution in [0.5, 0.6) is 11.5 Å². The number of aromatic hydroxyl groups is 1. The maximum absolute atomic E-state index is 11.9. The molecule has 2 rings (SSSR count). The lowest BCUT2D eigenvalue weighted by molar-refractivity contribution is -0.123. The predicted molar refractivity (Wildman–Crippen MR) is 106 cm³/mol. The maximum Gasteiger partial charge on any atom is 0.277 e. The highest BCUT2D eigenvalue weighted by atomic mass is 79.9. The van der Waals surface area contributed by atoms with Crippen molar-refractivity contribution in [2.24, 2.45) is 5.10 Å². The molecule has 0 spiro atoms. The van der Waals surface area contributed by atoms with Gasteiger partial charge in [-0.1, -0.05) is 27.5 Å². The van der Waals surface area contributed by atoms with E-state index in [1.165, 1.54) is 12.3 Å². The molecule has 0 heterocycles. The number of nitrogens with zero attached hydrogens (tertiary/aromatic N) is 1. The van der Waals surface area contributed by atoms with Crippen LogP contribution >= 0.6 is 43.5 Å². The molecular weight excluding hydrogens is 475 g/mol. The van der Waals surface area contributed by atoms with Crippen molar-refractivity contribution in [3.8, 4) is 11.5 Å². The molecule has 0 aliphatic heterocycles. The summed E-state index contributed by atoms with van der Waals surface area (Å²) >= 11 is 12.5. The number of benzene rings is 2. The molecule has 0 unspecified atom stereocenters. The van der Waals surface area contributed by atoms with E-state index in [0.29, 0.717) is 20.8 Å². The summed E-state index contributed by atoms with van der Waals surface area (Å²) in [6.45, 7) is 3.64. The summed E-state index contributed by atoms with van der Waals surface area (Å²) < 4.78 is 6.96. The standard InChI is InChI=1S/C17H15Br2ClN2O3/c1-9-3-12(18)4-10(2)17(9)25-8-15(23)22-21-7-11-5-13(20)6-14(19)16(11)24/h3-7,24H,8H2,1-2H3,(H,22,23)/b21-7-. The topological polar surface area (TPSA) is 70.9 Å². The van der Waals surface area contributed by atoms with Gasteiger partial charge in [0.05, 0.1) is 10.7 Å². The first-order chi connectivity index (χ1) is 11.8. The fourth-order valence-electron chi connectivity index (χ4n) is 2.15. The molecule has 0 atom stereocenters. The second-order valence-corrected chi connectivity index (χ2v) is 7.48. The first-order valence-corrected chi connectivity index (χ1v) is 9.13. The number of halogens is 3. The number of hydrogen-bond acceptors (Lipinski definition) is 4. The van der Waals surface area contributed by atoms with E-state index in [2.05, 4.69) is 42.4 Å². The van der Waals surface area contributed by atoms with E-state index in [1.54, 1.807) is 6.07 Å². The summed E-state index contributed by atoms with van der Waals surface area (Å²) in [7, 11) is 0. The van der Waals surface area contributed by atoms with Crippen LogP contribution in [0.3, 0.4) is 0 Å². The zero-order valence-electron chi connectivity index (χ0n) is 13.4. The lowest BCUT2D eigenvalue weighted by atomic mass is 10.1. The zero-order valence-corrected chi connectivity index (χ0v) is 17.4. The molecule has 2 N–H and O–H groups in total. The Labute approximate surface area is 167 Å². The molecule has 0 aliphatic carbocycles. The highest BCUT2D eigenvalue weighted by Crippen LogP contribution is 2.30. The van der Waals surface area contributed by atoms with Crippen molar-refractivity contribution in [2.75, 3.05) is 6.61 Å². The number of carbonyl (C=O) groups is 1. The van der Waals surface area contributed by atoms with E-state index in [4.69, 9.17) is 16.3 Å². The summed E-state index contributed by atoms with van der Waals surface area (Å²) in [5.74, 6) is 0.233. The Morgan fingerprint density at radius 2 is 1.92 bits per heavy atom. The summed E-state index contributed by atoms with van der Waals surface area (Å²) in [6.07, 6.45) is 1.31. The largest absolute Gasteiger partial charge is 0.506 e. The van der Waals surface area contributed by atoms with Crippen LogP contribution in [-0.4, -0.2) is 23.8 Å². The number of carbonyl (C=O) groups excluding carboxylic acids is 1. The molecule has 132 valence electrons. The molecule has 0 fully saturated rings. The van der Waals surface area contributed by atoms with Gasteiger partial charge in [-0.15, -0.1) is 0 Å². The Balaban J connectivity index is 1.96. The monoisotopic (exact) mass is 488 g/mol. The summed E-state index contributed by atoms with van der Waals surface area (Å²) in [6, 6.07) is 6.92. The van der Waals surface area contributed by atoms with Gasteiger partial charge in [-0.05, 0) is 65.2 Å². The average molecular weight is 491 g/mol. The average Bonchev–Trinajstić information content (AvgIpc) is 2.50. The van der Waals surface area contributed by atoms with Crippen molar-refractivity contribution in [2.45, 2.75) is 13.8 Å². The van der Waals surface area contributed by atoms with Crippen LogP contribution in [0.25, 0.3) is 0 Å². The minimum Gasteiger partial charge on any atom is -0.506 e. The fourth-order valence-corrected chi connectivity index (χ4v) is 3.67. The molecular formula is C17H15Br2ClN2O3. The van der Waals surface area contributed by atoms with Gasteiger partial charge in [-0.25, -0.2) is 5.43 Å². The molecule has 0 bridgehead atoms. The Hall–Kier alpha value is -1.57.